The second-order valence-electron chi connectivity index (χ2n) is 4.24. The molecule has 0 bridgehead atoms. The molecule has 0 spiro atoms. The van der Waals surface area contributed by atoms with Gasteiger partial charge in [-0.3, -0.25) is 4.79 Å². The number of amides is 1. The van der Waals surface area contributed by atoms with Gasteiger partial charge < -0.3 is 15.2 Å². The van der Waals surface area contributed by atoms with Gasteiger partial charge in [-0.15, -0.1) is 0 Å². The zero-order valence-electron chi connectivity index (χ0n) is 11.2. The number of aromatic hydroxyl groups is 1. The summed E-state index contributed by atoms with van der Waals surface area (Å²) >= 11 is 6.05. The van der Waals surface area contributed by atoms with E-state index in [-0.39, 0.29) is 6.54 Å². The number of benzene rings is 2. The van der Waals surface area contributed by atoms with Crippen LogP contribution in [0.4, 0.5) is 4.39 Å². The van der Waals surface area contributed by atoms with Crippen LogP contribution in [0.5, 0.6) is 11.5 Å². The minimum Gasteiger partial charge on any atom is -0.507 e. The predicted octanol–water partition coefficient (Wildman–Crippen LogP) is 3.12. The number of ether oxygens (including phenoxy) is 1. The minimum absolute atomic E-state index is 0.0510. The lowest BCUT2D eigenvalue weighted by Gasteiger charge is -2.12. The van der Waals surface area contributed by atoms with Gasteiger partial charge in [0.05, 0.1) is 7.11 Å². The lowest BCUT2D eigenvalue weighted by Crippen LogP contribution is -2.24. The molecule has 2 aromatic carbocycles. The molecule has 0 aliphatic carbocycles. The smallest absolute Gasteiger partial charge is 0.258 e. The number of methoxy groups -OCH3 is 1. The molecule has 0 aliphatic heterocycles. The zero-order chi connectivity index (χ0) is 15.4. The highest BCUT2D eigenvalue weighted by Gasteiger charge is 2.17. The standard InChI is InChI=1S/C15H13ClFNO3/c1-21-13-7-2-4-10(16)9(13)8-18-15(20)14-11(17)5-3-6-12(14)19/h2-7,19H,8H2,1H3,(H,18,20). The third-order valence-corrected chi connectivity index (χ3v) is 3.29. The number of phenols is 1. The predicted molar refractivity (Wildman–Crippen MR) is 77.2 cm³/mol. The molecule has 21 heavy (non-hydrogen) atoms. The number of carbonyl (C=O) groups excluding carboxylic acids is 1. The normalized spacial score (nSPS) is 10.2. The van der Waals surface area contributed by atoms with E-state index in [0.29, 0.717) is 16.3 Å². The molecule has 0 atom stereocenters. The summed E-state index contributed by atoms with van der Waals surface area (Å²) in [7, 11) is 1.49. The third-order valence-electron chi connectivity index (χ3n) is 2.94. The van der Waals surface area contributed by atoms with Crippen molar-refractivity contribution < 1.29 is 19.0 Å². The van der Waals surface area contributed by atoms with Crippen LogP contribution in [0.25, 0.3) is 0 Å². The first-order chi connectivity index (χ1) is 10.0. The number of hydrogen-bond acceptors (Lipinski definition) is 3. The maximum atomic E-state index is 13.6. The lowest BCUT2D eigenvalue weighted by atomic mass is 10.1. The molecule has 0 aromatic heterocycles. The van der Waals surface area contributed by atoms with E-state index < -0.39 is 23.0 Å². The molecular formula is C15H13ClFNO3. The summed E-state index contributed by atoms with van der Waals surface area (Å²) in [5, 5.41) is 12.5. The van der Waals surface area contributed by atoms with E-state index in [0.717, 1.165) is 6.07 Å². The summed E-state index contributed by atoms with van der Waals surface area (Å²) in [6.07, 6.45) is 0. The lowest BCUT2D eigenvalue weighted by molar-refractivity contribution is 0.0944. The molecule has 0 fully saturated rings. The molecule has 0 aliphatic rings. The van der Waals surface area contributed by atoms with Crippen molar-refractivity contribution in [1.82, 2.24) is 5.32 Å². The van der Waals surface area contributed by atoms with Crippen molar-refractivity contribution in [2.24, 2.45) is 0 Å². The molecule has 0 unspecified atom stereocenters. The Morgan fingerprint density at radius 2 is 2.05 bits per heavy atom. The van der Waals surface area contributed by atoms with Gasteiger partial charge in [-0.05, 0) is 24.3 Å². The Balaban J connectivity index is 2.19. The average Bonchev–Trinajstić information content (AvgIpc) is 2.45. The van der Waals surface area contributed by atoms with Crippen LogP contribution < -0.4 is 10.1 Å². The first kappa shape index (κ1) is 15.1. The number of phenolic OH excluding ortho intramolecular Hbond substituents is 1. The maximum Gasteiger partial charge on any atom is 0.258 e. The van der Waals surface area contributed by atoms with Crippen molar-refractivity contribution in [2.75, 3.05) is 7.11 Å². The molecule has 2 aromatic rings. The summed E-state index contributed by atoms with van der Waals surface area (Å²) in [6, 6.07) is 8.74. The van der Waals surface area contributed by atoms with Gasteiger partial charge in [-0.2, -0.15) is 0 Å². The van der Waals surface area contributed by atoms with Crippen LogP contribution in [0.2, 0.25) is 5.02 Å². The Bertz CT molecular complexity index is 656. The Morgan fingerprint density at radius 1 is 1.33 bits per heavy atom. The fourth-order valence-electron chi connectivity index (χ4n) is 1.90. The van der Waals surface area contributed by atoms with E-state index >= 15 is 0 Å². The fraction of sp³-hybridized carbons (Fsp3) is 0.133. The van der Waals surface area contributed by atoms with Crippen molar-refractivity contribution in [3.8, 4) is 11.5 Å². The Kier molecular flexibility index (Phi) is 4.65. The second kappa shape index (κ2) is 6.45. The van der Waals surface area contributed by atoms with Crippen LogP contribution in [-0.4, -0.2) is 18.1 Å². The average molecular weight is 310 g/mol. The van der Waals surface area contributed by atoms with Crippen LogP contribution in [0, 0.1) is 5.82 Å². The largest absolute Gasteiger partial charge is 0.507 e. The zero-order valence-corrected chi connectivity index (χ0v) is 11.9. The van der Waals surface area contributed by atoms with E-state index in [1.807, 2.05) is 0 Å². The Hall–Kier alpha value is -2.27. The van der Waals surface area contributed by atoms with Crippen LogP contribution in [0.15, 0.2) is 36.4 Å². The van der Waals surface area contributed by atoms with E-state index in [1.165, 1.54) is 19.2 Å². The van der Waals surface area contributed by atoms with Gasteiger partial charge >= 0.3 is 0 Å². The van der Waals surface area contributed by atoms with Gasteiger partial charge in [0.25, 0.3) is 5.91 Å². The Labute approximate surface area is 126 Å². The molecule has 2 rings (SSSR count). The third kappa shape index (κ3) is 3.25. The number of carbonyl (C=O) groups is 1. The summed E-state index contributed by atoms with van der Waals surface area (Å²) < 4.78 is 18.7. The van der Waals surface area contributed by atoms with Crippen LogP contribution in [-0.2, 0) is 6.54 Å². The van der Waals surface area contributed by atoms with Crippen LogP contribution >= 0.6 is 11.6 Å². The monoisotopic (exact) mass is 309 g/mol. The summed E-state index contributed by atoms with van der Waals surface area (Å²) in [4.78, 5) is 12.0. The summed E-state index contributed by atoms with van der Waals surface area (Å²) in [6.45, 7) is 0.0510. The Morgan fingerprint density at radius 3 is 2.71 bits per heavy atom. The van der Waals surface area contributed by atoms with E-state index in [4.69, 9.17) is 16.3 Å². The molecule has 0 heterocycles. The number of rotatable bonds is 4. The van der Waals surface area contributed by atoms with Gasteiger partial charge in [-0.25, -0.2) is 4.39 Å². The van der Waals surface area contributed by atoms with Gasteiger partial charge in [-0.1, -0.05) is 23.7 Å². The molecular weight excluding hydrogens is 297 g/mol. The highest BCUT2D eigenvalue weighted by atomic mass is 35.5. The first-order valence-electron chi connectivity index (χ1n) is 6.11. The second-order valence-corrected chi connectivity index (χ2v) is 4.64. The van der Waals surface area contributed by atoms with Gasteiger partial charge in [0.15, 0.2) is 0 Å². The van der Waals surface area contributed by atoms with Gasteiger partial charge in [0, 0.05) is 17.1 Å². The van der Waals surface area contributed by atoms with Crippen molar-refractivity contribution in [2.45, 2.75) is 6.54 Å². The highest BCUT2D eigenvalue weighted by molar-refractivity contribution is 6.31. The highest BCUT2D eigenvalue weighted by Crippen LogP contribution is 2.26. The molecule has 6 heteroatoms. The molecule has 4 nitrogen and oxygen atoms in total. The van der Waals surface area contributed by atoms with Gasteiger partial charge in [0.1, 0.15) is 22.9 Å². The first-order valence-corrected chi connectivity index (χ1v) is 6.49. The van der Waals surface area contributed by atoms with Crippen LogP contribution in [0.3, 0.4) is 0 Å². The molecule has 2 N–H and O–H groups in total. The molecule has 0 saturated carbocycles. The van der Waals surface area contributed by atoms with Crippen molar-refractivity contribution in [3.63, 3.8) is 0 Å². The quantitative estimate of drug-likeness (QED) is 0.912. The summed E-state index contributed by atoms with van der Waals surface area (Å²) in [5.74, 6) is -1.43. The van der Waals surface area contributed by atoms with Crippen molar-refractivity contribution >= 4 is 17.5 Å². The van der Waals surface area contributed by atoms with Crippen molar-refractivity contribution in [1.29, 1.82) is 0 Å². The van der Waals surface area contributed by atoms with E-state index in [1.54, 1.807) is 18.2 Å². The maximum absolute atomic E-state index is 13.6. The SMILES string of the molecule is COc1cccc(Cl)c1CNC(=O)c1c(O)cccc1F. The topological polar surface area (TPSA) is 58.6 Å². The summed E-state index contributed by atoms with van der Waals surface area (Å²) in [5.41, 5.74) is 0.175. The minimum atomic E-state index is -0.793. The molecule has 0 saturated heterocycles. The molecule has 0 radical (unpaired) electrons. The molecule has 110 valence electrons. The molecule has 1 amide bonds. The number of nitrogens with one attached hydrogen (secondary N) is 1. The van der Waals surface area contributed by atoms with Crippen molar-refractivity contribution in [3.05, 3.63) is 58.4 Å². The number of halogens is 2. The number of hydrogen-bond donors (Lipinski definition) is 2. The van der Waals surface area contributed by atoms with Gasteiger partial charge in [0.2, 0.25) is 0 Å². The fourth-order valence-corrected chi connectivity index (χ4v) is 2.13. The van der Waals surface area contributed by atoms with E-state index in [9.17, 15) is 14.3 Å². The van der Waals surface area contributed by atoms with Crippen LogP contribution in [0.1, 0.15) is 15.9 Å². The van der Waals surface area contributed by atoms with E-state index in [2.05, 4.69) is 5.32 Å².